The maximum atomic E-state index is 6.52. The molecule has 6 heterocycles. The van der Waals surface area contributed by atoms with Gasteiger partial charge in [0.2, 0.25) is 0 Å². The van der Waals surface area contributed by atoms with E-state index >= 15 is 0 Å². The number of hydrogen-bond donors (Lipinski definition) is 0. The molecule has 242 valence electrons. The van der Waals surface area contributed by atoms with Crippen molar-refractivity contribution in [3.05, 3.63) is 158 Å². The lowest BCUT2D eigenvalue weighted by Crippen LogP contribution is -1.95. The highest BCUT2D eigenvalue weighted by Gasteiger charge is 2.23. The van der Waals surface area contributed by atoms with Crippen molar-refractivity contribution >= 4 is 87.7 Å². The number of hydrogen-bond acceptors (Lipinski definition) is 4. The summed E-state index contributed by atoms with van der Waals surface area (Å²) in [5, 5.41) is 6.75. The standard InChI is InChI=1S/C46H26N4O2/c1-3-17-33-29(11-1)41-27(13-5-19-35(41)49(33)37-21-7-15-31-43-39(51-45(31)37)23-9-25-47-43)28-14-6-20-36-42(28)30-12-2-4-18-34(30)50(36)38-22-8-16-32-44-40(52-46(32)38)24-10-26-48-44/h1-26H. The highest BCUT2D eigenvalue weighted by atomic mass is 16.3. The molecule has 0 fully saturated rings. The first-order chi connectivity index (χ1) is 25.8. The molecule has 6 aromatic carbocycles. The molecule has 12 rings (SSSR count). The van der Waals surface area contributed by atoms with Crippen molar-refractivity contribution in [2.75, 3.05) is 0 Å². The number of rotatable bonds is 3. The van der Waals surface area contributed by atoms with E-state index in [1.54, 1.807) is 0 Å². The van der Waals surface area contributed by atoms with Crippen LogP contribution in [0.5, 0.6) is 0 Å². The second-order valence-corrected chi connectivity index (χ2v) is 13.3. The van der Waals surface area contributed by atoms with Gasteiger partial charge >= 0.3 is 0 Å². The number of furan rings is 2. The van der Waals surface area contributed by atoms with E-state index in [2.05, 4.69) is 140 Å². The zero-order valence-electron chi connectivity index (χ0n) is 27.6. The molecular weight excluding hydrogens is 641 g/mol. The van der Waals surface area contributed by atoms with Gasteiger partial charge in [0.15, 0.2) is 22.3 Å². The van der Waals surface area contributed by atoms with E-state index in [1.807, 2.05) is 36.7 Å². The molecule has 6 nitrogen and oxygen atoms in total. The van der Waals surface area contributed by atoms with Crippen LogP contribution in [0.3, 0.4) is 0 Å². The Morgan fingerprint density at radius 1 is 0.365 bits per heavy atom. The van der Waals surface area contributed by atoms with Gasteiger partial charge in [-0.3, -0.25) is 9.97 Å². The molecule has 6 aromatic heterocycles. The SMILES string of the molecule is c1cnc2c(c1)oc1c(-n3c4ccccc4c4c(-c5cccc6c5c5ccccc5n6-c5cccc6c5oc5cccnc56)cccc43)cccc12. The molecule has 0 saturated heterocycles. The summed E-state index contributed by atoms with van der Waals surface area (Å²) in [6.07, 6.45) is 3.64. The molecule has 0 radical (unpaired) electrons. The minimum atomic E-state index is 0.782. The molecule has 0 saturated carbocycles. The fourth-order valence-electron chi connectivity index (χ4n) is 8.57. The lowest BCUT2D eigenvalue weighted by molar-refractivity contribution is 0.665. The summed E-state index contributed by atoms with van der Waals surface area (Å²) < 4.78 is 17.7. The summed E-state index contributed by atoms with van der Waals surface area (Å²) in [5.41, 5.74) is 13.7. The molecule has 52 heavy (non-hydrogen) atoms. The molecule has 0 aliphatic carbocycles. The van der Waals surface area contributed by atoms with E-state index in [9.17, 15) is 0 Å². The molecular formula is C46H26N4O2. The van der Waals surface area contributed by atoms with Gasteiger partial charge in [-0.05, 0) is 83.9 Å². The second kappa shape index (κ2) is 10.2. The normalized spacial score (nSPS) is 12.2. The topological polar surface area (TPSA) is 61.9 Å². The van der Waals surface area contributed by atoms with Gasteiger partial charge in [0.05, 0.1) is 33.4 Å². The number of aromatic nitrogens is 4. The summed E-state index contributed by atoms with van der Waals surface area (Å²) in [6, 6.07) is 51.1. The Morgan fingerprint density at radius 2 is 0.788 bits per heavy atom. The van der Waals surface area contributed by atoms with Gasteiger partial charge in [-0.2, -0.15) is 0 Å². The Kier molecular flexibility index (Phi) is 5.41. The first kappa shape index (κ1) is 27.6. The summed E-state index contributed by atoms with van der Waals surface area (Å²) in [7, 11) is 0. The number of benzene rings is 6. The summed E-state index contributed by atoms with van der Waals surface area (Å²) >= 11 is 0. The first-order valence-electron chi connectivity index (χ1n) is 17.4. The molecule has 0 amide bonds. The average Bonchev–Trinajstić information content (AvgIpc) is 3.95. The van der Waals surface area contributed by atoms with Crippen molar-refractivity contribution in [1.82, 2.24) is 19.1 Å². The fourth-order valence-corrected chi connectivity index (χ4v) is 8.57. The first-order valence-corrected chi connectivity index (χ1v) is 17.4. The third kappa shape index (κ3) is 3.57. The third-order valence-corrected chi connectivity index (χ3v) is 10.6. The fraction of sp³-hybridized carbons (Fsp3) is 0. The van der Waals surface area contributed by atoms with Crippen molar-refractivity contribution in [3.8, 4) is 22.5 Å². The van der Waals surface area contributed by atoms with Crippen molar-refractivity contribution in [1.29, 1.82) is 0 Å². The summed E-state index contributed by atoms with van der Waals surface area (Å²) in [5.74, 6) is 0. The maximum Gasteiger partial charge on any atom is 0.161 e. The van der Waals surface area contributed by atoms with Crippen LogP contribution in [0, 0.1) is 0 Å². The molecule has 0 aliphatic heterocycles. The Hall–Kier alpha value is -7.18. The molecule has 0 bridgehead atoms. The molecule has 0 aliphatic rings. The second-order valence-electron chi connectivity index (χ2n) is 13.3. The maximum absolute atomic E-state index is 6.52. The lowest BCUT2D eigenvalue weighted by atomic mass is 9.95. The molecule has 6 heteroatoms. The van der Waals surface area contributed by atoms with Crippen LogP contribution < -0.4 is 0 Å². The van der Waals surface area contributed by atoms with E-state index in [-0.39, 0.29) is 0 Å². The smallest absolute Gasteiger partial charge is 0.161 e. The van der Waals surface area contributed by atoms with Crippen LogP contribution in [0.2, 0.25) is 0 Å². The van der Waals surface area contributed by atoms with Crippen molar-refractivity contribution < 1.29 is 8.83 Å². The van der Waals surface area contributed by atoms with Gasteiger partial charge in [-0.15, -0.1) is 0 Å². The molecule has 0 atom stereocenters. The number of nitrogens with zero attached hydrogens (tertiary/aromatic N) is 4. The predicted octanol–water partition coefficient (Wildman–Crippen LogP) is 12.1. The number of para-hydroxylation sites is 4. The van der Waals surface area contributed by atoms with Crippen molar-refractivity contribution in [3.63, 3.8) is 0 Å². The largest absolute Gasteiger partial charge is 0.452 e. The van der Waals surface area contributed by atoms with Crippen molar-refractivity contribution in [2.24, 2.45) is 0 Å². The van der Waals surface area contributed by atoms with Gasteiger partial charge in [-0.1, -0.05) is 72.8 Å². The highest BCUT2D eigenvalue weighted by Crippen LogP contribution is 2.45. The number of fused-ring (bicyclic) bond motifs is 12. The van der Waals surface area contributed by atoms with E-state index < -0.39 is 0 Å². The zero-order valence-corrected chi connectivity index (χ0v) is 27.6. The van der Waals surface area contributed by atoms with Crippen LogP contribution in [-0.2, 0) is 0 Å². The third-order valence-electron chi connectivity index (χ3n) is 10.6. The van der Waals surface area contributed by atoms with E-state index in [0.29, 0.717) is 0 Å². The Bertz CT molecular complexity index is 3200. The Morgan fingerprint density at radius 3 is 1.29 bits per heavy atom. The Balaban J connectivity index is 1.18. The van der Waals surface area contributed by atoms with E-state index in [0.717, 1.165) is 77.6 Å². The Labute approximate surface area is 295 Å². The van der Waals surface area contributed by atoms with Gasteiger partial charge in [0.25, 0.3) is 0 Å². The van der Waals surface area contributed by atoms with Gasteiger partial charge < -0.3 is 18.0 Å². The minimum absolute atomic E-state index is 0.782. The van der Waals surface area contributed by atoms with Crippen LogP contribution in [0.4, 0.5) is 0 Å². The number of pyridine rings is 2. The highest BCUT2D eigenvalue weighted by molar-refractivity contribution is 6.23. The van der Waals surface area contributed by atoms with Crippen LogP contribution in [0.25, 0.3) is 110 Å². The van der Waals surface area contributed by atoms with Crippen LogP contribution in [0.1, 0.15) is 0 Å². The van der Waals surface area contributed by atoms with Gasteiger partial charge in [-0.25, -0.2) is 0 Å². The van der Waals surface area contributed by atoms with Gasteiger partial charge in [0, 0.05) is 44.7 Å². The van der Waals surface area contributed by atoms with Crippen LogP contribution >= 0.6 is 0 Å². The van der Waals surface area contributed by atoms with E-state index in [4.69, 9.17) is 8.83 Å². The minimum Gasteiger partial charge on any atom is -0.452 e. The van der Waals surface area contributed by atoms with Crippen LogP contribution in [0.15, 0.2) is 167 Å². The van der Waals surface area contributed by atoms with E-state index in [1.165, 1.54) is 32.7 Å². The monoisotopic (exact) mass is 666 g/mol. The predicted molar refractivity (Wildman–Crippen MR) is 211 cm³/mol. The van der Waals surface area contributed by atoms with Crippen LogP contribution in [-0.4, -0.2) is 19.1 Å². The summed E-state index contributed by atoms with van der Waals surface area (Å²) in [6.45, 7) is 0. The molecule has 12 aromatic rings. The van der Waals surface area contributed by atoms with Crippen molar-refractivity contribution in [2.45, 2.75) is 0 Å². The quantitative estimate of drug-likeness (QED) is 0.188. The molecule has 0 spiro atoms. The summed E-state index contributed by atoms with van der Waals surface area (Å²) in [4.78, 5) is 9.32. The lowest BCUT2D eigenvalue weighted by Gasteiger charge is -2.11. The molecule has 0 N–H and O–H groups in total. The zero-order chi connectivity index (χ0) is 33.9. The van der Waals surface area contributed by atoms with Gasteiger partial charge in [0.1, 0.15) is 11.0 Å². The molecule has 0 unspecified atom stereocenters. The average molecular weight is 667 g/mol.